The largest absolute Gasteiger partial charge is 0.390 e. The Bertz CT molecular complexity index is 715. The third-order valence-corrected chi connectivity index (χ3v) is 5.88. The quantitative estimate of drug-likeness (QED) is 0.641. The van der Waals surface area contributed by atoms with Gasteiger partial charge in [0, 0.05) is 13.1 Å². The summed E-state index contributed by atoms with van der Waals surface area (Å²) >= 11 is 5.68. The van der Waals surface area contributed by atoms with E-state index in [9.17, 15) is 19.4 Å². The molecule has 5 unspecified atom stereocenters. The zero-order chi connectivity index (χ0) is 19.9. The van der Waals surface area contributed by atoms with Crippen molar-refractivity contribution < 1.29 is 19.4 Å². The molecule has 1 saturated carbocycles. The van der Waals surface area contributed by atoms with Crippen molar-refractivity contribution >= 4 is 23.2 Å². The summed E-state index contributed by atoms with van der Waals surface area (Å²) in [5.74, 6) is -1.16. The van der Waals surface area contributed by atoms with Crippen LogP contribution >= 0.6 is 12.2 Å². The molecular formula is C19H26FN3O3S. The Kier molecular flexibility index (Phi) is 5.69. The minimum atomic E-state index is -1.05. The maximum atomic E-state index is 13.2. The van der Waals surface area contributed by atoms with Gasteiger partial charge in [0.15, 0.2) is 5.11 Å². The van der Waals surface area contributed by atoms with Crippen LogP contribution in [0.15, 0.2) is 24.3 Å². The summed E-state index contributed by atoms with van der Waals surface area (Å²) in [6.07, 6.45) is -2.00. The van der Waals surface area contributed by atoms with Gasteiger partial charge in [0.25, 0.3) is 0 Å². The average Bonchev–Trinajstić information content (AvgIpc) is 2.85. The van der Waals surface area contributed by atoms with E-state index < -0.39 is 36.1 Å². The second kappa shape index (κ2) is 7.69. The smallest absolute Gasteiger partial charge is 0.222 e. The molecule has 3 rings (SSSR count). The standard InChI is InChI=1S/C19H26FN3O3S/c1-10(2)8-22-15-13(18(21)26)7-14(24)17(25)16(15)23(19(22)27)9-11-3-5-12(20)6-4-11/h3-6,10,13-17,24-25H,7-9H2,1-2H3,(H2,21,26). The van der Waals surface area contributed by atoms with Crippen molar-refractivity contribution in [3.8, 4) is 0 Å². The third kappa shape index (κ3) is 3.79. The number of primary amides is 1. The van der Waals surface area contributed by atoms with E-state index in [0.29, 0.717) is 18.2 Å². The summed E-state index contributed by atoms with van der Waals surface area (Å²) < 4.78 is 13.2. The number of halogens is 1. The first-order valence-corrected chi connectivity index (χ1v) is 9.58. The normalized spacial score (nSPS) is 30.7. The number of amides is 1. The first kappa shape index (κ1) is 20.0. The number of thiocarbonyl (C=S) groups is 1. The number of benzene rings is 1. The Balaban J connectivity index is 1.98. The molecule has 2 aliphatic rings. The maximum Gasteiger partial charge on any atom is 0.222 e. The van der Waals surface area contributed by atoms with Gasteiger partial charge >= 0.3 is 0 Å². The van der Waals surface area contributed by atoms with Gasteiger partial charge < -0.3 is 25.7 Å². The van der Waals surface area contributed by atoms with Crippen molar-refractivity contribution in [2.45, 2.75) is 51.1 Å². The lowest BCUT2D eigenvalue weighted by atomic mass is 9.76. The molecular weight excluding hydrogens is 369 g/mol. The molecule has 1 aromatic carbocycles. The van der Waals surface area contributed by atoms with Crippen molar-refractivity contribution in [1.82, 2.24) is 9.80 Å². The van der Waals surface area contributed by atoms with E-state index >= 15 is 0 Å². The molecule has 5 atom stereocenters. The fourth-order valence-electron chi connectivity index (χ4n) is 4.23. The second-order valence-corrected chi connectivity index (χ2v) is 8.23. The molecule has 6 nitrogen and oxygen atoms in total. The number of nitrogens with zero attached hydrogens (tertiary/aromatic N) is 2. The molecule has 1 heterocycles. The lowest BCUT2D eigenvalue weighted by Gasteiger charge is -2.42. The SMILES string of the molecule is CC(C)CN1C(=S)N(Cc2ccc(F)cc2)C2C(O)C(O)CC(C(N)=O)C21. The molecule has 1 aliphatic carbocycles. The summed E-state index contributed by atoms with van der Waals surface area (Å²) in [4.78, 5) is 15.9. The maximum absolute atomic E-state index is 13.2. The van der Waals surface area contributed by atoms with E-state index in [0.717, 1.165) is 5.56 Å². The van der Waals surface area contributed by atoms with Gasteiger partial charge in [-0.15, -0.1) is 0 Å². The molecule has 27 heavy (non-hydrogen) atoms. The topological polar surface area (TPSA) is 90.0 Å². The number of hydrogen-bond acceptors (Lipinski definition) is 4. The third-order valence-electron chi connectivity index (χ3n) is 5.41. The first-order chi connectivity index (χ1) is 12.7. The molecule has 1 amide bonds. The van der Waals surface area contributed by atoms with E-state index in [2.05, 4.69) is 0 Å². The highest BCUT2D eigenvalue weighted by atomic mass is 32.1. The molecule has 0 bridgehead atoms. The fraction of sp³-hybridized carbons (Fsp3) is 0.579. The minimum Gasteiger partial charge on any atom is -0.390 e. The first-order valence-electron chi connectivity index (χ1n) is 9.17. The lowest BCUT2D eigenvalue weighted by Crippen LogP contribution is -2.61. The van der Waals surface area contributed by atoms with Gasteiger partial charge in [0.1, 0.15) is 11.9 Å². The van der Waals surface area contributed by atoms with E-state index in [1.807, 2.05) is 23.6 Å². The fourth-order valence-corrected chi connectivity index (χ4v) is 4.62. The number of nitrogens with two attached hydrogens (primary N) is 1. The number of aliphatic hydroxyl groups excluding tert-OH is 2. The number of aliphatic hydroxyl groups is 2. The van der Waals surface area contributed by atoms with Gasteiger partial charge in [0.05, 0.1) is 24.1 Å². The molecule has 2 fully saturated rings. The van der Waals surface area contributed by atoms with Crippen LogP contribution in [0.25, 0.3) is 0 Å². The molecule has 4 N–H and O–H groups in total. The highest BCUT2D eigenvalue weighted by molar-refractivity contribution is 7.80. The van der Waals surface area contributed by atoms with Crippen LogP contribution in [-0.4, -0.2) is 61.9 Å². The Labute approximate surface area is 163 Å². The zero-order valence-electron chi connectivity index (χ0n) is 15.5. The summed E-state index contributed by atoms with van der Waals surface area (Å²) in [5, 5.41) is 21.6. The Morgan fingerprint density at radius 1 is 1.26 bits per heavy atom. The number of carbonyl (C=O) groups is 1. The lowest BCUT2D eigenvalue weighted by molar-refractivity contribution is -0.133. The Hall–Kier alpha value is -1.77. The molecule has 148 valence electrons. The van der Waals surface area contributed by atoms with Gasteiger partial charge in [-0.25, -0.2) is 4.39 Å². The highest BCUT2D eigenvalue weighted by Crippen LogP contribution is 2.39. The number of hydrogen-bond donors (Lipinski definition) is 3. The predicted molar refractivity (Wildman–Crippen MR) is 103 cm³/mol. The van der Waals surface area contributed by atoms with Crippen molar-refractivity contribution in [2.24, 2.45) is 17.6 Å². The number of carbonyl (C=O) groups excluding carboxylic acids is 1. The van der Waals surface area contributed by atoms with Crippen LogP contribution in [0, 0.1) is 17.7 Å². The van der Waals surface area contributed by atoms with Crippen molar-refractivity contribution in [1.29, 1.82) is 0 Å². The number of fused-ring (bicyclic) bond motifs is 1. The molecule has 0 radical (unpaired) electrons. The van der Waals surface area contributed by atoms with E-state index in [1.165, 1.54) is 12.1 Å². The monoisotopic (exact) mass is 395 g/mol. The molecule has 1 aromatic rings. The summed E-state index contributed by atoms with van der Waals surface area (Å²) in [7, 11) is 0. The second-order valence-electron chi connectivity index (χ2n) is 7.87. The van der Waals surface area contributed by atoms with Crippen LogP contribution in [0.3, 0.4) is 0 Å². The predicted octanol–water partition coefficient (Wildman–Crippen LogP) is 0.848. The molecule has 0 aromatic heterocycles. The van der Waals surface area contributed by atoms with Crippen LogP contribution in [0.5, 0.6) is 0 Å². The van der Waals surface area contributed by atoms with E-state index in [1.54, 1.807) is 12.1 Å². The van der Waals surface area contributed by atoms with Crippen LogP contribution in [0.1, 0.15) is 25.8 Å². The van der Waals surface area contributed by atoms with Gasteiger partial charge in [0.2, 0.25) is 5.91 Å². The number of rotatable bonds is 5. The van der Waals surface area contributed by atoms with Crippen LogP contribution in [-0.2, 0) is 11.3 Å². The summed E-state index contributed by atoms with van der Waals surface area (Å²) in [6.45, 7) is 5.07. The molecule has 1 saturated heterocycles. The van der Waals surface area contributed by atoms with Crippen molar-refractivity contribution in [2.75, 3.05) is 6.54 Å². The van der Waals surface area contributed by atoms with E-state index in [4.69, 9.17) is 18.0 Å². The minimum absolute atomic E-state index is 0.110. The molecule has 1 aliphatic heterocycles. The summed E-state index contributed by atoms with van der Waals surface area (Å²) in [5.41, 5.74) is 6.45. The summed E-state index contributed by atoms with van der Waals surface area (Å²) in [6, 6.07) is 5.12. The van der Waals surface area contributed by atoms with Gasteiger partial charge in [-0.3, -0.25) is 4.79 Å². The zero-order valence-corrected chi connectivity index (χ0v) is 16.3. The van der Waals surface area contributed by atoms with Crippen molar-refractivity contribution in [3.05, 3.63) is 35.6 Å². The van der Waals surface area contributed by atoms with Crippen LogP contribution < -0.4 is 5.73 Å². The van der Waals surface area contributed by atoms with Gasteiger partial charge in [-0.1, -0.05) is 26.0 Å². The Morgan fingerprint density at radius 2 is 1.89 bits per heavy atom. The van der Waals surface area contributed by atoms with E-state index in [-0.39, 0.29) is 18.2 Å². The molecule has 0 spiro atoms. The van der Waals surface area contributed by atoms with Gasteiger partial charge in [-0.2, -0.15) is 0 Å². The Morgan fingerprint density at radius 3 is 2.44 bits per heavy atom. The highest BCUT2D eigenvalue weighted by Gasteiger charge is 2.56. The average molecular weight is 396 g/mol. The van der Waals surface area contributed by atoms with Crippen LogP contribution in [0.4, 0.5) is 4.39 Å². The van der Waals surface area contributed by atoms with Gasteiger partial charge in [-0.05, 0) is 42.3 Å². The van der Waals surface area contributed by atoms with Crippen LogP contribution in [0.2, 0.25) is 0 Å². The molecule has 8 heteroatoms. The van der Waals surface area contributed by atoms with Crippen molar-refractivity contribution in [3.63, 3.8) is 0 Å².